The molecule has 0 saturated heterocycles. The minimum absolute atomic E-state index is 0.375. The number of aryl methyl sites for hydroxylation is 2. The second-order valence-electron chi connectivity index (χ2n) is 6.82. The molecule has 0 saturated carbocycles. The Labute approximate surface area is 150 Å². The average molecular weight is 349 g/mol. The van der Waals surface area contributed by atoms with E-state index in [1.807, 2.05) is 6.33 Å². The number of unbranched alkanes of at least 4 members (excludes halogenated alkanes) is 3. The van der Waals surface area contributed by atoms with Crippen LogP contribution in [0, 0.1) is 6.92 Å². The molecule has 24 heavy (non-hydrogen) atoms. The van der Waals surface area contributed by atoms with E-state index in [0.29, 0.717) is 11.7 Å². The maximum absolute atomic E-state index is 6.12. The lowest BCUT2D eigenvalue weighted by Gasteiger charge is -2.13. The van der Waals surface area contributed by atoms with Crippen molar-refractivity contribution >= 4 is 28.6 Å². The van der Waals surface area contributed by atoms with Gasteiger partial charge in [0.2, 0.25) is 0 Å². The molecule has 0 unspecified atom stereocenters. The number of nitrogens with zero attached hydrogens (tertiary/aromatic N) is 3. The van der Waals surface area contributed by atoms with Gasteiger partial charge in [-0.25, -0.2) is 9.97 Å². The van der Waals surface area contributed by atoms with Crippen molar-refractivity contribution in [3.8, 4) is 0 Å². The van der Waals surface area contributed by atoms with Gasteiger partial charge in [0.1, 0.15) is 5.52 Å². The minimum Gasteiger partial charge on any atom is -0.382 e. The number of aromatic nitrogens is 3. The lowest BCUT2D eigenvalue weighted by Crippen LogP contribution is -2.05. The van der Waals surface area contributed by atoms with E-state index in [1.54, 1.807) is 0 Å². The van der Waals surface area contributed by atoms with Gasteiger partial charge in [-0.1, -0.05) is 33.6 Å². The lowest BCUT2D eigenvalue weighted by atomic mass is 10.0. The monoisotopic (exact) mass is 348 g/mol. The van der Waals surface area contributed by atoms with Crippen LogP contribution in [0.5, 0.6) is 0 Å². The summed E-state index contributed by atoms with van der Waals surface area (Å²) in [5, 5.41) is 0. The highest BCUT2D eigenvalue weighted by Crippen LogP contribution is 2.28. The molecule has 0 aromatic carbocycles. The summed E-state index contributed by atoms with van der Waals surface area (Å²) in [6.45, 7) is 9.74. The number of pyridine rings is 1. The Hall–Kier alpha value is -1.23. The summed E-state index contributed by atoms with van der Waals surface area (Å²) in [7, 11) is 0. The van der Waals surface area contributed by atoms with Crippen molar-refractivity contribution in [1.82, 2.24) is 14.5 Å². The van der Waals surface area contributed by atoms with E-state index in [1.165, 1.54) is 54.7 Å². The van der Waals surface area contributed by atoms with Gasteiger partial charge in [-0.3, -0.25) is 0 Å². The fourth-order valence-electron chi connectivity index (χ4n) is 3.09. The first-order valence-corrected chi connectivity index (χ1v) is 10.4. The van der Waals surface area contributed by atoms with Crippen molar-refractivity contribution in [3.63, 3.8) is 0 Å². The fourth-order valence-corrected chi connectivity index (χ4v) is 4.20. The van der Waals surface area contributed by atoms with Crippen LogP contribution in [0.1, 0.15) is 70.1 Å². The molecule has 2 aromatic heterocycles. The van der Waals surface area contributed by atoms with E-state index in [9.17, 15) is 0 Å². The van der Waals surface area contributed by atoms with Crippen LogP contribution in [0.25, 0.3) is 11.0 Å². The van der Waals surface area contributed by atoms with Gasteiger partial charge in [-0.05, 0) is 49.2 Å². The zero-order valence-corrected chi connectivity index (χ0v) is 16.5. The molecule has 2 heterocycles. The van der Waals surface area contributed by atoms with E-state index in [4.69, 9.17) is 5.73 Å². The Morgan fingerprint density at radius 1 is 1.17 bits per heavy atom. The molecule has 0 aliphatic carbocycles. The van der Waals surface area contributed by atoms with Crippen LogP contribution in [-0.4, -0.2) is 26.0 Å². The van der Waals surface area contributed by atoms with E-state index in [2.05, 4.69) is 54.0 Å². The van der Waals surface area contributed by atoms with Gasteiger partial charge in [-0.2, -0.15) is 11.8 Å². The number of hydrogen-bond acceptors (Lipinski definition) is 4. The molecule has 4 nitrogen and oxygen atoms in total. The molecule has 0 spiro atoms. The second kappa shape index (κ2) is 9.30. The molecule has 0 bridgehead atoms. The largest absolute Gasteiger partial charge is 0.382 e. The van der Waals surface area contributed by atoms with Crippen LogP contribution < -0.4 is 5.73 Å². The zero-order valence-electron chi connectivity index (χ0n) is 15.6. The zero-order chi connectivity index (χ0) is 17.5. The van der Waals surface area contributed by atoms with Crippen LogP contribution in [0.2, 0.25) is 0 Å². The van der Waals surface area contributed by atoms with E-state index < -0.39 is 0 Å². The third kappa shape index (κ3) is 4.65. The van der Waals surface area contributed by atoms with Gasteiger partial charge < -0.3 is 10.3 Å². The number of rotatable bonds is 10. The third-order valence-corrected chi connectivity index (χ3v) is 5.59. The Kier molecular flexibility index (Phi) is 7.40. The molecule has 2 N–H and O–H groups in total. The number of thioether (sulfide) groups is 1. The van der Waals surface area contributed by atoms with Crippen LogP contribution in [0.3, 0.4) is 0 Å². The van der Waals surface area contributed by atoms with Crippen molar-refractivity contribution in [2.75, 3.05) is 17.2 Å². The molecule has 0 radical (unpaired) electrons. The molecule has 0 aliphatic heterocycles. The molecule has 2 aromatic rings. The van der Waals surface area contributed by atoms with Gasteiger partial charge in [0.15, 0.2) is 5.82 Å². The van der Waals surface area contributed by atoms with E-state index in [-0.39, 0.29) is 0 Å². The third-order valence-electron chi connectivity index (χ3n) is 4.44. The SMILES string of the molecule is CCCCSCCCCCn1cnc2c(N)nc(C(C)C)c(C)c21. The lowest BCUT2D eigenvalue weighted by molar-refractivity contribution is 0.614. The Bertz CT molecular complexity index is 648. The van der Waals surface area contributed by atoms with Gasteiger partial charge in [0.25, 0.3) is 0 Å². The Morgan fingerprint density at radius 2 is 1.92 bits per heavy atom. The summed E-state index contributed by atoms with van der Waals surface area (Å²) in [4.78, 5) is 9.06. The predicted octanol–water partition coefficient (Wildman–Crippen LogP) is 5.15. The average Bonchev–Trinajstić information content (AvgIpc) is 2.98. The van der Waals surface area contributed by atoms with Gasteiger partial charge >= 0.3 is 0 Å². The maximum atomic E-state index is 6.12. The molecule has 134 valence electrons. The summed E-state index contributed by atoms with van der Waals surface area (Å²) in [6.07, 6.45) is 8.35. The van der Waals surface area contributed by atoms with Crippen molar-refractivity contribution < 1.29 is 0 Å². The standard InChI is InChI=1S/C19H32N4S/c1-5-6-11-24-12-9-7-8-10-23-13-21-17-18(23)15(4)16(14(2)3)22-19(17)20/h13-14H,5-12H2,1-4H3,(H2,20,22). The molecule has 0 aliphatic rings. The number of hydrogen-bond donors (Lipinski definition) is 1. The van der Waals surface area contributed by atoms with Crippen LogP contribution in [0.15, 0.2) is 6.33 Å². The summed E-state index contributed by atoms with van der Waals surface area (Å²) in [5.74, 6) is 3.54. The highest BCUT2D eigenvalue weighted by Gasteiger charge is 2.16. The van der Waals surface area contributed by atoms with Gasteiger partial charge in [0, 0.05) is 6.54 Å². The first-order valence-electron chi connectivity index (χ1n) is 9.24. The highest BCUT2D eigenvalue weighted by atomic mass is 32.2. The van der Waals surface area contributed by atoms with Gasteiger partial charge in [-0.15, -0.1) is 0 Å². The Balaban J connectivity index is 1.95. The fraction of sp³-hybridized carbons (Fsp3) is 0.684. The first kappa shape index (κ1) is 19.1. The van der Waals surface area contributed by atoms with Crippen molar-refractivity contribution in [3.05, 3.63) is 17.6 Å². The molecule has 0 amide bonds. The minimum atomic E-state index is 0.375. The van der Waals surface area contributed by atoms with Crippen molar-refractivity contribution in [2.45, 2.75) is 72.3 Å². The summed E-state index contributed by atoms with van der Waals surface area (Å²) >= 11 is 2.09. The molecule has 2 rings (SSSR count). The molecular weight excluding hydrogens is 316 g/mol. The topological polar surface area (TPSA) is 56.7 Å². The predicted molar refractivity (Wildman–Crippen MR) is 107 cm³/mol. The summed E-state index contributed by atoms with van der Waals surface area (Å²) in [5.41, 5.74) is 10.5. The highest BCUT2D eigenvalue weighted by molar-refractivity contribution is 7.99. The molecule has 5 heteroatoms. The van der Waals surface area contributed by atoms with E-state index >= 15 is 0 Å². The summed E-state index contributed by atoms with van der Waals surface area (Å²) in [6, 6.07) is 0. The molecular formula is C19H32N4S. The first-order chi connectivity index (χ1) is 11.6. The van der Waals surface area contributed by atoms with Crippen LogP contribution in [-0.2, 0) is 6.54 Å². The number of anilines is 1. The van der Waals surface area contributed by atoms with E-state index in [0.717, 1.165) is 17.8 Å². The summed E-state index contributed by atoms with van der Waals surface area (Å²) < 4.78 is 2.26. The van der Waals surface area contributed by atoms with Crippen LogP contribution >= 0.6 is 11.8 Å². The second-order valence-corrected chi connectivity index (χ2v) is 8.05. The Morgan fingerprint density at radius 3 is 2.62 bits per heavy atom. The van der Waals surface area contributed by atoms with Crippen molar-refractivity contribution in [2.24, 2.45) is 0 Å². The smallest absolute Gasteiger partial charge is 0.151 e. The van der Waals surface area contributed by atoms with Gasteiger partial charge in [0.05, 0.1) is 17.5 Å². The van der Waals surface area contributed by atoms with Crippen molar-refractivity contribution in [1.29, 1.82) is 0 Å². The number of nitrogen functional groups attached to an aromatic ring is 1. The maximum Gasteiger partial charge on any atom is 0.151 e. The molecule has 0 fully saturated rings. The molecule has 0 atom stereocenters. The number of nitrogens with two attached hydrogens (primary N) is 1. The number of imidazole rings is 1. The normalized spacial score (nSPS) is 11.7. The number of fused-ring (bicyclic) bond motifs is 1. The quantitative estimate of drug-likeness (QED) is 0.603. The van der Waals surface area contributed by atoms with Crippen LogP contribution in [0.4, 0.5) is 5.82 Å².